The quantitative estimate of drug-likeness (QED) is 0.433. The Hall–Kier alpha value is -3.96. The second-order valence-electron chi connectivity index (χ2n) is 8.31. The lowest BCUT2D eigenvalue weighted by molar-refractivity contribution is -0.135. The van der Waals surface area contributed by atoms with E-state index >= 15 is 0 Å². The zero-order valence-corrected chi connectivity index (χ0v) is 18.1. The van der Waals surface area contributed by atoms with Gasteiger partial charge in [0, 0.05) is 35.8 Å². The van der Waals surface area contributed by atoms with E-state index in [1.165, 1.54) is 0 Å². The number of ketones is 1. The summed E-state index contributed by atoms with van der Waals surface area (Å²) in [5, 5.41) is 11.5. The van der Waals surface area contributed by atoms with Gasteiger partial charge in [-0.05, 0) is 54.4 Å². The molecule has 1 aromatic heterocycles. The number of amides is 1. The number of anilines is 1. The van der Waals surface area contributed by atoms with E-state index in [2.05, 4.69) is 0 Å². The van der Waals surface area contributed by atoms with Crippen LogP contribution >= 0.6 is 0 Å². The van der Waals surface area contributed by atoms with E-state index in [0.29, 0.717) is 29.8 Å². The van der Waals surface area contributed by atoms with Crippen molar-refractivity contribution >= 4 is 17.4 Å². The minimum absolute atomic E-state index is 0.274. The predicted molar refractivity (Wildman–Crippen MR) is 128 cm³/mol. The Bertz CT molecular complexity index is 1280. The van der Waals surface area contributed by atoms with Crippen molar-refractivity contribution in [3.05, 3.63) is 120 Å². The maximum atomic E-state index is 13.4. The lowest BCUT2D eigenvalue weighted by Gasteiger charge is -2.23. The number of para-hydroxylation sites is 1. The molecule has 0 fully saturated rings. The molecule has 1 aliphatic heterocycles. The summed E-state index contributed by atoms with van der Waals surface area (Å²) in [7, 11) is 0. The average Bonchev–Trinajstić information content (AvgIpc) is 3.46. The number of benzene rings is 3. The third-order valence-corrected chi connectivity index (χ3v) is 6.21. The number of aromatic nitrogens is 1. The lowest BCUT2D eigenvalue weighted by Crippen LogP contribution is -2.42. The van der Waals surface area contributed by atoms with Gasteiger partial charge in [-0.1, -0.05) is 48.5 Å². The van der Waals surface area contributed by atoms with Crippen LogP contribution in [0.25, 0.3) is 5.69 Å². The summed E-state index contributed by atoms with van der Waals surface area (Å²) in [6.07, 6.45) is 4.22. The number of hydrogen-bond acceptors (Lipinski definition) is 3. The first-order chi connectivity index (χ1) is 16.1. The fraction of sp³-hybridized carbons (Fsp3) is 0.143. The van der Waals surface area contributed by atoms with Gasteiger partial charge < -0.3 is 14.6 Å². The van der Waals surface area contributed by atoms with Crippen molar-refractivity contribution in [3.8, 4) is 5.69 Å². The number of Topliss-reactive ketones (excluding diaryl/α,β-unsaturated/α-hetero) is 1. The Morgan fingerprint density at radius 1 is 0.818 bits per heavy atom. The molecule has 3 aromatic carbocycles. The first kappa shape index (κ1) is 20.9. The highest BCUT2D eigenvalue weighted by molar-refractivity contribution is 6.10. The summed E-state index contributed by atoms with van der Waals surface area (Å²) in [5.74, 6) is -0.721. The highest BCUT2D eigenvalue weighted by Gasteiger charge is 2.50. The van der Waals surface area contributed by atoms with Gasteiger partial charge >= 0.3 is 0 Å². The van der Waals surface area contributed by atoms with Crippen LogP contribution in [0, 0.1) is 0 Å². The van der Waals surface area contributed by atoms with Crippen molar-refractivity contribution in [3.63, 3.8) is 0 Å². The zero-order valence-electron chi connectivity index (χ0n) is 18.1. The van der Waals surface area contributed by atoms with Gasteiger partial charge in [-0.2, -0.15) is 0 Å². The number of fused-ring (bicyclic) bond motifs is 1. The smallest absolute Gasteiger partial charge is 0.264 e. The third-order valence-electron chi connectivity index (χ3n) is 6.21. The first-order valence-electron chi connectivity index (χ1n) is 11.0. The normalized spacial score (nSPS) is 17.2. The van der Waals surface area contributed by atoms with Gasteiger partial charge in [0.05, 0.1) is 12.1 Å². The molecule has 1 amide bonds. The fourth-order valence-electron chi connectivity index (χ4n) is 4.45. The molecule has 0 saturated carbocycles. The topological polar surface area (TPSA) is 62.5 Å². The Morgan fingerprint density at radius 2 is 1.48 bits per heavy atom. The van der Waals surface area contributed by atoms with E-state index in [1.807, 2.05) is 83.7 Å². The van der Waals surface area contributed by atoms with Gasteiger partial charge in [-0.25, -0.2) is 0 Å². The molecule has 1 unspecified atom stereocenters. The molecule has 0 aliphatic carbocycles. The van der Waals surface area contributed by atoms with Crippen LogP contribution in [0.15, 0.2) is 103 Å². The maximum Gasteiger partial charge on any atom is 0.264 e. The third kappa shape index (κ3) is 3.88. The van der Waals surface area contributed by atoms with Crippen LogP contribution in [0.3, 0.4) is 0 Å². The minimum Gasteiger partial charge on any atom is -0.375 e. The van der Waals surface area contributed by atoms with E-state index in [0.717, 1.165) is 11.3 Å². The molecular formula is C28H24N2O3. The standard InChI is InChI=1S/C28H24N2O3/c31-26(22-12-14-23(15-13-22)29-17-6-7-18-29)20-28(33)24-10-4-5-11-25(24)30(27(28)32)19-16-21-8-2-1-3-9-21/h1-15,17-18,33H,16,19-20H2. The second kappa shape index (κ2) is 8.52. The zero-order chi connectivity index (χ0) is 22.8. The minimum atomic E-state index is -1.87. The predicted octanol–water partition coefficient (Wildman–Crippen LogP) is 4.53. The molecular weight excluding hydrogens is 412 g/mol. The summed E-state index contributed by atoms with van der Waals surface area (Å²) in [4.78, 5) is 28.1. The van der Waals surface area contributed by atoms with Crippen LogP contribution in [0.5, 0.6) is 0 Å². The van der Waals surface area contributed by atoms with Crippen molar-refractivity contribution in [2.45, 2.75) is 18.4 Å². The number of aliphatic hydroxyl groups is 1. The molecule has 0 saturated heterocycles. The van der Waals surface area contributed by atoms with Crippen LogP contribution in [0.1, 0.15) is 27.9 Å². The summed E-state index contributed by atoms with van der Waals surface area (Å²) < 4.78 is 1.95. The summed E-state index contributed by atoms with van der Waals surface area (Å²) in [6.45, 7) is 0.432. The Morgan fingerprint density at radius 3 is 2.21 bits per heavy atom. The molecule has 5 nitrogen and oxygen atoms in total. The molecule has 1 N–H and O–H groups in total. The van der Waals surface area contributed by atoms with Crippen LogP contribution in [-0.2, 0) is 16.8 Å². The summed E-state index contributed by atoms with van der Waals surface area (Å²) in [6, 6.07) is 28.1. The summed E-state index contributed by atoms with van der Waals surface area (Å²) >= 11 is 0. The molecule has 5 rings (SSSR count). The SMILES string of the molecule is O=C(CC1(O)C(=O)N(CCc2ccccc2)c2ccccc21)c1ccc(-n2cccc2)cc1. The number of carbonyl (C=O) groups is 2. The number of nitrogens with zero attached hydrogens (tertiary/aromatic N) is 2. The van der Waals surface area contributed by atoms with Gasteiger partial charge in [0.15, 0.2) is 11.4 Å². The van der Waals surface area contributed by atoms with Crippen LogP contribution in [0.2, 0.25) is 0 Å². The van der Waals surface area contributed by atoms with Crippen LogP contribution in [0.4, 0.5) is 5.69 Å². The average molecular weight is 437 g/mol. The van der Waals surface area contributed by atoms with Gasteiger partial charge in [0.2, 0.25) is 0 Å². The van der Waals surface area contributed by atoms with E-state index < -0.39 is 11.5 Å². The van der Waals surface area contributed by atoms with Crippen molar-refractivity contribution in [1.29, 1.82) is 0 Å². The largest absolute Gasteiger partial charge is 0.375 e. The molecule has 0 radical (unpaired) electrons. The van der Waals surface area contributed by atoms with Crippen molar-refractivity contribution in [2.24, 2.45) is 0 Å². The molecule has 2 heterocycles. The number of rotatable bonds is 7. The lowest BCUT2D eigenvalue weighted by atomic mass is 9.88. The highest BCUT2D eigenvalue weighted by Crippen LogP contribution is 2.42. The van der Waals surface area contributed by atoms with Gasteiger partial charge in [0.1, 0.15) is 0 Å². The van der Waals surface area contributed by atoms with Gasteiger partial charge in [-0.15, -0.1) is 0 Å². The van der Waals surface area contributed by atoms with E-state index in [-0.39, 0.29) is 12.2 Å². The van der Waals surface area contributed by atoms with E-state index in [4.69, 9.17) is 0 Å². The van der Waals surface area contributed by atoms with Crippen molar-refractivity contribution in [1.82, 2.24) is 4.57 Å². The molecule has 4 aromatic rings. The molecule has 0 spiro atoms. The van der Waals surface area contributed by atoms with Gasteiger partial charge in [0.25, 0.3) is 5.91 Å². The first-order valence-corrected chi connectivity index (χ1v) is 11.0. The van der Waals surface area contributed by atoms with Crippen LogP contribution < -0.4 is 4.90 Å². The van der Waals surface area contributed by atoms with E-state index in [9.17, 15) is 14.7 Å². The monoisotopic (exact) mass is 436 g/mol. The van der Waals surface area contributed by atoms with Gasteiger partial charge in [-0.3, -0.25) is 9.59 Å². The summed E-state index contributed by atoms with van der Waals surface area (Å²) in [5.41, 5.74) is 1.79. The fourth-order valence-corrected chi connectivity index (χ4v) is 4.45. The second-order valence-corrected chi connectivity index (χ2v) is 8.31. The Kier molecular flexibility index (Phi) is 5.40. The highest BCUT2D eigenvalue weighted by atomic mass is 16.3. The molecule has 5 heteroatoms. The number of carbonyl (C=O) groups excluding carboxylic acids is 2. The number of hydrogen-bond donors (Lipinski definition) is 1. The molecule has 1 aliphatic rings. The Labute approximate surface area is 192 Å². The molecule has 1 atom stereocenters. The molecule has 33 heavy (non-hydrogen) atoms. The van der Waals surface area contributed by atoms with E-state index in [1.54, 1.807) is 29.2 Å². The maximum absolute atomic E-state index is 13.4. The van der Waals surface area contributed by atoms with Crippen molar-refractivity contribution < 1.29 is 14.7 Å². The molecule has 0 bridgehead atoms. The van der Waals surface area contributed by atoms with Crippen molar-refractivity contribution in [2.75, 3.05) is 11.4 Å². The Balaban J connectivity index is 1.38. The molecule has 164 valence electrons. The van der Waals surface area contributed by atoms with Crippen LogP contribution in [-0.4, -0.2) is 27.9 Å².